The van der Waals surface area contributed by atoms with E-state index in [0.29, 0.717) is 6.61 Å². The van der Waals surface area contributed by atoms with Gasteiger partial charge in [0.25, 0.3) is 0 Å². The molecule has 0 aromatic heterocycles. The van der Waals surface area contributed by atoms with Crippen LogP contribution in [0.1, 0.15) is 19.8 Å². The fourth-order valence-corrected chi connectivity index (χ4v) is 2.73. The number of hydrogen-bond acceptors (Lipinski definition) is 12. The van der Waals surface area contributed by atoms with Gasteiger partial charge in [-0.3, -0.25) is 0 Å². The van der Waals surface area contributed by atoms with Crippen molar-refractivity contribution in [1.29, 1.82) is 0 Å². The molecule has 12 nitrogen and oxygen atoms in total. The van der Waals surface area contributed by atoms with Crippen molar-refractivity contribution in [3.05, 3.63) is 0 Å². The molecule has 2 aliphatic heterocycles. The molecule has 12 heteroatoms. The molecule has 0 unspecified atom stereocenters. The van der Waals surface area contributed by atoms with Crippen LogP contribution in [0.5, 0.6) is 0 Å². The van der Waals surface area contributed by atoms with Crippen molar-refractivity contribution in [3.8, 4) is 0 Å². The van der Waals surface area contributed by atoms with E-state index < -0.39 is 74.6 Å². The van der Waals surface area contributed by atoms with Gasteiger partial charge >= 0.3 is 0 Å². The molecule has 0 aromatic rings. The summed E-state index contributed by atoms with van der Waals surface area (Å²) in [5.41, 5.74) is 0. The molecule has 0 spiro atoms. The van der Waals surface area contributed by atoms with E-state index in [4.69, 9.17) is 24.4 Å². The van der Waals surface area contributed by atoms with Gasteiger partial charge in [0.2, 0.25) is 0 Å². The van der Waals surface area contributed by atoms with Gasteiger partial charge < -0.3 is 60.2 Å². The van der Waals surface area contributed by atoms with Gasteiger partial charge in [-0.05, 0) is 6.42 Å². The lowest BCUT2D eigenvalue weighted by atomic mass is 9.97. The maximum Gasteiger partial charge on any atom is 0.187 e. The number of rotatable bonds is 6. The molecule has 9 N–H and O–H groups in total. The highest BCUT2D eigenvalue weighted by Gasteiger charge is 2.50. The predicted molar refractivity (Wildman–Crippen MR) is 90.6 cm³/mol. The van der Waals surface area contributed by atoms with E-state index >= 15 is 0 Å². The molecule has 168 valence electrons. The van der Waals surface area contributed by atoms with Crippen LogP contribution in [-0.4, -0.2) is 127 Å². The molecule has 0 saturated carbocycles. The Morgan fingerprint density at radius 1 is 0.714 bits per heavy atom. The van der Waals surface area contributed by atoms with Gasteiger partial charge in [-0.2, -0.15) is 0 Å². The SMILES string of the molecule is CCCCO.OC[C@H]1O[C@@H](O[C@H]2[C@H](O)[C@@H](O)[C@H](O)O[C@@H]2CO)[C@H](O)[C@@H](O)[C@H]1O. The first kappa shape index (κ1) is 25.6. The summed E-state index contributed by atoms with van der Waals surface area (Å²) >= 11 is 0. The van der Waals surface area contributed by atoms with E-state index in [1.165, 1.54) is 0 Å². The molecular weight excluding hydrogens is 384 g/mol. The summed E-state index contributed by atoms with van der Waals surface area (Å²) in [6, 6.07) is 0. The first-order chi connectivity index (χ1) is 13.2. The van der Waals surface area contributed by atoms with Crippen LogP contribution in [0, 0.1) is 0 Å². The zero-order valence-electron chi connectivity index (χ0n) is 15.6. The van der Waals surface area contributed by atoms with E-state index in [9.17, 15) is 35.7 Å². The molecule has 2 fully saturated rings. The number of aliphatic hydroxyl groups excluding tert-OH is 9. The standard InChI is InChI=1S/C12H22O11.C4H10O/c13-1-3-5(15)6(16)9(19)12(22-3)23-10-4(2-14)21-11(20)8(18)7(10)17;1-2-3-4-5/h3-20H,1-2H2;5H,2-4H2,1H3/t3-,4-,5+,6+,7-,8-,9-,10-,11-,12+;/m1./s1. The Bertz CT molecular complexity index is 420. The Balaban J connectivity index is 0.000000696. The number of hydrogen-bond donors (Lipinski definition) is 9. The fourth-order valence-electron chi connectivity index (χ4n) is 2.73. The van der Waals surface area contributed by atoms with Crippen LogP contribution in [0.25, 0.3) is 0 Å². The Hall–Kier alpha value is -0.480. The lowest BCUT2D eigenvalue weighted by molar-refractivity contribution is -0.355. The molecular formula is C16H32O12. The molecule has 0 bridgehead atoms. The third-order valence-corrected chi connectivity index (χ3v) is 4.49. The summed E-state index contributed by atoms with van der Waals surface area (Å²) in [6.07, 6.45) is -13.5. The van der Waals surface area contributed by atoms with Crippen molar-refractivity contribution < 1.29 is 60.2 Å². The van der Waals surface area contributed by atoms with E-state index in [1.807, 2.05) is 0 Å². The van der Waals surface area contributed by atoms with Gasteiger partial charge in [0.15, 0.2) is 12.6 Å². The molecule has 10 atom stereocenters. The fraction of sp³-hybridized carbons (Fsp3) is 1.00. The predicted octanol–water partition coefficient (Wildman–Crippen LogP) is -4.62. The van der Waals surface area contributed by atoms with E-state index in [0.717, 1.165) is 12.8 Å². The highest BCUT2D eigenvalue weighted by atomic mass is 16.7. The van der Waals surface area contributed by atoms with Gasteiger partial charge in [0, 0.05) is 6.61 Å². The van der Waals surface area contributed by atoms with Crippen LogP contribution in [0.15, 0.2) is 0 Å². The van der Waals surface area contributed by atoms with Crippen molar-refractivity contribution in [3.63, 3.8) is 0 Å². The second-order valence-corrected chi connectivity index (χ2v) is 6.60. The van der Waals surface area contributed by atoms with E-state index in [1.54, 1.807) is 0 Å². The van der Waals surface area contributed by atoms with Crippen LogP contribution in [-0.2, 0) is 14.2 Å². The molecule has 2 rings (SSSR count). The van der Waals surface area contributed by atoms with Gasteiger partial charge in [-0.1, -0.05) is 13.3 Å². The second-order valence-electron chi connectivity index (χ2n) is 6.60. The van der Waals surface area contributed by atoms with Crippen LogP contribution >= 0.6 is 0 Å². The minimum absolute atomic E-state index is 0.344. The van der Waals surface area contributed by atoms with Crippen molar-refractivity contribution >= 4 is 0 Å². The highest BCUT2D eigenvalue weighted by Crippen LogP contribution is 2.28. The van der Waals surface area contributed by atoms with E-state index in [2.05, 4.69) is 6.92 Å². The lowest BCUT2D eigenvalue weighted by Gasteiger charge is -2.45. The number of aliphatic hydroxyl groups is 9. The number of ether oxygens (including phenoxy) is 3. The van der Waals surface area contributed by atoms with Gasteiger partial charge in [-0.15, -0.1) is 0 Å². The molecule has 2 heterocycles. The average Bonchev–Trinajstić information content (AvgIpc) is 2.69. The summed E-state index contributed by atoms with van der Waals surface area (Å²) in [5, 5.41) is 84.6. The van der Waals surface area contributed by atoms with Crippen molar-refractivity contribution in [2.24, 2.45) is 0 Å². The molecule has 0 radical (unpaired) electrons. The molecule has 0 amide bonds. The summed E-state index contributed by atoms with van der Waals surface area (Å²) in [7, 11) is 0. The Morgan fingerprint density at radius 2 is 1.32 bits per heavy atom. The van der Waals surface area contributed by atoms with Crippen LogP contribution < -0.4 is 0 Å². The van der Waals surface area contributed by atoms with Crippen LogP contribution in [0.2, 0.25) is 0 Å². The zero-order valence-corrected chi connectivity index (χ0v) is 15.6. The normalized spacial score (nSPS) is 43.9. The summed E-state index contributed by atoms with van der Waals surface area (Å²) in [5.74, 6) is 0. The van der Waals surface area contributed by atoms with Gasteiger partial charge in [-0.25, -0.2) is 0 Å². The number of unbranched alkanes of at least 4 members (excludes halogenated alkanes) is 1. The highest BCUT2D eigenvalue weighted by molar-refractivity contribution is 4.93. The topological polar surface area (TPSA) is 210 Å². The molecule has 0 aliphatic carbocycles. The zero-order chi connectivity index (χ0) is 21.4. The van der Waals surface area contributed by atoms with Crippen molar-refractivity contribution in [1.82, 2.24) is 0 Å². The van der Waals surface area contributed by atoms with Crippen LogP contribution in [0.3, 0.4) is 0 Å². The molecule has 2 aliphatic rings. The summed E-state index contributed by atoms with van der Waals surface area (Å²) in [4.78, 5) is 0. The van der Waals surface area contributed by atoms with Crippen LogP contribution in [0.4, 0.5) is 0 Å². The lowest BCUT2D eigenvalue weighted by Crippen LogP contribution is -2.64. The molecule has 28 heavy (non-hydrogen) atoms. The maximum atomic E-state index is 9.94. The first-order valence-electron chi connectivity index (χ1n) is 9.10. The molecule has 0 aromatic carbocycles. The maximum absolute atomic E-state index is 9.94. The Labute approximate surface area is 162 Å². The largest absolute Gasteiger partial charge is 0.396 e. The van der Waals surface area contributed by atoms with Gasteiger partial charge in [0.1, 0.15) is 48.8 Å². The monoisotopic (exact) mass is 416 g/mol. The second kappa shape index (κ2) is 12.3. The first-order valence-corrected chi connectivity index (χ1v) is 9.10. The van der Waals surface area contributed by atoms with Crippen molar-refractivity contribution in [2.75, 3.05) is 19.8 Å². The Kier molecular flexibility index (Phi) is 11.2. The minimum atomic E-state index is -1.74. The van der Waals surface area contributed by atoms with Crippen molar-refractivity contribution in [2.45, 2.75) is 81.2 Å². The van der Waals surface area contributed by atoms with Gasteiger partial charge in [0.05, 0.1) is 13.2 Å². The average molecular weight is 416 g/mol. The summed E-state index contributed by atoms with van der Waals surface area (Å²) < 4.78 is 15.3. The van der Waals surface area contributed by atoms with E-state index in [-0.39, 0.29) is 0 Å². The Morgan fingerprint density at radius 3 is 1.79 bits per heavy atom. The third-order valence-electron chi connectivity index (χ3n) is 4.49. The third kappa shape index (κ3) is 6.26. The smallest absolute Gasteiger partial charge is 0.187 e. The minimum Gasteiger partial charge on any atom is -0.396 e. The molecule has 2 saturated heterocycles. The quantitative estimate of drug-likeness (QED) is 0.200. The summed E-state index contributed by atoms with van der Waals surface area (Å²) in [6.45, 7) is 1.05.